The van der Waals surface area contributed by atoms with Gasteiger partial charge >= 0.3 is 0 Å². The van der Waals surface area contributed by atoms with E-state index in [-0.39, 0.29) is 0 Å². The van der Waals surface area contributed by atoms with Crippen LogP contribution in [-0.4, -0.2) is 36.2 Å². The fourth-order valence-electron chi connectivity index (χ4n) is 1.18. The van der Waals surface area contributed by atoms with Gasteiger partial charge in [-0.3, -0.25) is 0 Å². The highest BCUT2D eigenvalue weighted by Gasteiger charge is 1.98. The molecule has 0 bridgehead atoms. The zero-order chi connectivity index (χ0) is 11.6. The van der Waals surface area contributed by atoms with Crippen LogP contribution >= 0.6 is 0 Å². The lowest BCUT2D eigenvalue weighted by molar-refractivity contribution is 0.305. The van der Waals surface area contributed by atoms with Gasteiger partial charge in [-0.25, -0.2) is 9.97 Å². The van der Waals surface area contributed by atoms with Crippen LogP contribution in [0.15, 0.2) is 12.4 Å². The monoisotopic (exact) mass is 224 g/mol. The summed E-state index contributed by atoms with van der Waals surface area (Å²) < 4.78 is 5.42. The average Bonchev–Trinajstić information content (AvgIpc) is 2.33. The van der Waals surface area contributed by atoms with Crippen molar-refractivity contribution in [3.05, 3.63) is 12.4 Å². The Hall–Kier alpha value is -1.36. The number of aromatic nitrogens is 2. The van der Waals surface area contributed by atoms with Crippen LogP contribution in [0.2, 0.25) is 0 Å². The number of rotatable bonds is 8. The Labute approximate surface area is 96.6 Å². The molecule has 0 aliphatic heterocycles. The van der Waals surface area contributed by atoms with Crippen LogP contribution in [0.5, 0.6) is 5.88 Å². The summed E-state index contributed by atoms with van der Waals surface area (Å²) in [4.78, 5) is 8.15. The quantitative estimate of drug-likeness (QED) is 0.652. The van der Waals surface area contributed by atoms with Crippen molar-refractivity contribution in [1.29, 1.82) is 0 Å². The predicted molar refractivity (Wildman–Crippen MR) is 64.9 cm³/mol. The summed E-state index contributed by atoms with van der Waals surface area (Å²) in [7, 11) is 0. The van der Waals surface area contributed by atoms with Crippen LogP contribution in [-0.2, 0) is 0 Å². The molecule has 0 spiro atoms. The third-order valence-corrected chi connectivity index (χ3v) is 1.95. The van der Waals surface area contributed by atoms with Gasteiger partial charge in [0.1, 0.15) is 12.1 Å². The lowest BCUT2D eigenvalue weighted by Gasteiger charge is -2.07. The molecule has 16 heavy (non-hydrogen) atoms. The number of ether oxygens (including phenoxy) is 1. The van der Waals surface area contributed by atoms with Gasteiger partial charge in [0.05, 0.1) is 6.61 Å². The molecule has 0 aliphatic rings. The second kappa shape index (κ2) is 7.87. The molecule has 90 valence electrons. The molecule has 0 unspecified atom stereocenters. The van der Waals surface area contributed by atoms with Gasteiger partial charge in [-0.2, -0.15) is 0 Å². The summed E-state index contributed by atoms with van der Waals surface area (Å²) in [5.41, 5.74) is 0. The van der Waals surface area contributed by atoms with Gasteiger partial charge in [0.2, 0.25) is 5.88 Å². The molecule has 1 aromatic rings. The molecule has 1 aromatic heterocycles. The zero-order valence-corrected chi connectivity index (χ0v) is 9.99. The van der Waals surface area contributed by atoms with E-state index in [0.29, 0.717) is 12.5 Å². The number of hydrogen-bond acceptors (Lipinski definition) is 5. The first-order valence-electron chi connectivity index (χ1n) is 5.76. The molecular weight excluding hydrogens is 204 g/mol. The van der Waals surface area contributed by atoms with E-state index in [0.717, 1.165) is 31.9 Å². The highest BCUT2D eigenvalue weighted by molar-refractivity contribution is 5.36. The first-order valence-corrected chi connectivity index (χ1v) is 5.76. The second-order valence-corrected chi connectivity index (χ2v) is 3.37. The van der Waals surface area contributed by atoms with Crippen LogP contribution in [0.1, 0.15) is 20.3 Å². The summed E-state index contributed by atoms with van der Waals surface area (Å²) >= 11 is 0. The number of nitrogens with zero attached hydrogens (tertiary/aromatic N) is 2. The fraction of sp³-hybridized carbons (Fsp3) is 0.636. The molecule has 0 radical (unpaired) electrons. The van der Waals surface area contributed by atoms with Gasteiger partial charge in [0, 0.05) is 19.2 Å². The molecule has 0 amide bonds. The molecular formula is C11H20N4O. The van der Waals surface area contributed by atoms with E-state index in [9.17, 15) is 0 Å². The SMILES string of the molecule is CCCOc1cc(NCCNCC)ncn1. The Morgan fingerprint density at radius 3 is 2.88 bits per heavy atom. The lowest BCUT2D eigenvalue weighted by atomic mass is 10.5. The third-order valence-electron chi connectivity index (χ3n) is 1.95. The summed E-state index contributed by atoms with van der Waals surface area (Å²) in [5.74, 6) is 1.43. The van der Waals surface area contributed by atoms with Crippen LogP contribution in [0, 0.1) is 0 Å². The van der Waals surface area contributed by atoms with Gasteiger partial charge in [-0.1, -0.05) is 13.8 Å². The standard InChI is InChI=1S/C11H20N4O/c1-3-7-16-11-8-10(14-9-15-11)13-6-5-12-4-2/h8-9,12H,3-7H2,1-2H3,(H,13,14,15). The maximum atomic E-state index is 5.42. The molecule has 1 rings (SSSR count). The molecule has 0 aliphatic carbocycles. The van der Waals surface area contributed by atoms with E-state index in [4.69, 9.17) is 4.74 Å². The van der Waals surface area contributed by atoms with E-state index < -0.39 is 0 Å². The second-order valence-electron chi connectivity index (χ2n) is 3.37. The van der Waals surface area contributed by atoms with E-state index in [2.05, 4.69) is 34.4 Å². The average molecular weight is 224 g/mol. The molecule has 0 aromatic carbocycles. The summed E-state index contributed by atoms with van der Waals surface area (Å²) in [6.07, 6.45) is 2.49. The van der Waals surface area contributed by atoms with E-state index >= 15 is 0 Å². The van der Waals surface area contributed by atoms with Crippen molar-refractivity contribution < 1.29 is 4.74 Å². The largest absolute Gasteiger partial charge is 0.478 e. The van der Waals surface area contributed by atoms with Crippen LogP contribution in [0.3, 0.4) is 0 Å². The maximum Gasteiger partial charge on any atom is 0.218 e. The minimum absolute atomic E-state index is 0.628. The molecule has 1 heterocycles. The molecule has 5 nitrogen and oxygen atoms in total. The van der Waals surface area contributed by atoms with Crippen LogP contribution in [0.25, 0.3) is 0 Å². The van der Waals surface area contributed by atoms with E-state index in [1.807, 2.05) is 6.07 Å². The van der Waals surface area contributed by atoms with Crippen molar-refractivity contribution in [1.82, 2.24) is 15.3 Å². The van der Waals surface area contributed by atoms with Gasteiger partial charge in [-0.15, -0.1) is 0 Å². The first-order chi connectivity index (χ1) is 7.86. The Morgan fingerprint density at radius 2 is 2.12 bits per heavy atom. The Kier molecular flexibility index (Phi) is 6.25. The van der Waals surface area contributed by atoms with Gasteiger partial charge in [-0.05, 0) is 13.0 Å². The normalized spacial score (nSPS) is 10.1. The minimum atomic E-state index is 0.628. The summed E-state index contributed by atoms with van der Waals surface area (Å²) in [5, 5.41) is 6.43. The molecule has 0 atom stereocenters. The molecule has 0 saturated heterocycles. The van der Waals surface area contributed by atoms with Crippen molar-refractivity contribution in [3.63, 3.8) is 0 Å². The van der Waals surface area contributed by atoms with E-state index in [1.165, 1.54) is 6.33 Å². The highest BCUT2D eigenvalue weighted by Crippen LogP contribution is 2.10. The van der Waals surface area contributed by atoms with Crippen molar-refractivity contribution in [2.24, 2.45) is 0 Å². The van der Waals surface area contributed by atoms with Crippen molar-refractivity contribution in [2.45, 2.75) is 20.3 Å². The van der Waals surface area contributed by atoms with Crippen LogP contribution in [0.4, 0.5) is 5.82 Å². The minimum Gasteiger partial charge on any atom is -0.478 e. The Morgan fingerprint density at radius 1 is 1.25 bits per heavy atom. The predicted octanol–water partition coefficient (Wildman–Crippen LogP) is 1.29. The summed E-state index contributed by atoms with van der Waals surface area (Å²) in [6, 6.07) is 1.82. The Bertz CT molecular complexity index is 293. The highest BCUT2D eigenvalue weighted by atomic mass is 16.5. The van der Waals surface area contributed by atoms with Crippen molar-refractivity contribution >= 4 is 5.82 Å². The first kappa shape index (κ1) is 12.7. The number of likely N-dealkylation sites (N-methyl/N-ethyl adjacent to an activating group) is 1. The zero-order valence-electron chi connectivity index (χ0n) is 9.99. The van der Waals surface area contributed by atoms with Crippen LogP contribution < -0.4 is 15.4 Å². The fourth-order valence-corrected chi connectivity index (χ4v) is 1.18. The number of anilines is 1. The topological polar surface area (TPSA) is 59.1 Å². The smallest absolute Gasteiger partial charge is 0.218 e. The lowest BCUT2D eigenvalue weighted by Crippen LogP contribution is -2.21. The van der Waals surface area contributed by atoms with Crippen molar-refractivity contribution in [3.8, 4) is 5.88 Å². The van der Waals surface area contributed by atoms with Gasteiger partial charge < -0.3 is 15.4 Å². The van der Waals surface area contributed by atoms with Gasteiger partial charge in [0.15, 0.2) is 0 Å². The van der Waals surface area contributed by atoms with E-state index in [1.54, 1.807) is 0 Å². The maximum absolute atomic E-state index is 5.42. The third kappa shape index (κ3) is 4.93. The summed E-state index contributed by atoms with van der Waals surface area (Å²) in [6.45, 7) is 7.59. The molecule has 0 fully saturated rings. The molecule has 2 N–H and O–H groups in total. The van der Waals surface area contributed by atoms with Crippen molar-refractivity contribution in [2.75, 3.05) is 31.6 Å². The number of hydrogen-bond donors (Lipinski definition) is 2. The molecule has 0 saturated carbocycles. The van der Waals surface area contributed by atoms with Gasteiger partial charge in [0.25, 0.3) is 0 Å². The number of nitrogens with one attached hydrogen (secondary N) is 2. The molecule has 5 heteroatoms. The Balaban J connectivity index is 2.35.